The molecule has 0 aromatic heterocycles. The molecule has 3 unspecified atom stereocenters. The molecule has 0 amide bonds. The van der Waals surface area contributed by atoms with E-state index < -0.39 is 40.6 Å². The molecule has 0 N–H and O–H groups in total. The minimum atomic E-state index is -1.33. The summed E-state index contributed by atoms with van der Waals surface area (Å²) in [6.07, 6.45) is 2.56. The molecule has 2 rings (SSSR count). The van der Waals surface area contributed by atoms with Gasteiger partial charge in [0, 0.05) is 19.4 Å². The van der Waals surface area contributed by atoms with Gasteiger partial charge in [-0.05, 0) is 24.7 Å². The van der Waals surface area contributed by atoms with Gasteiger partial charge in [0.2, 0.25) is 0 Å². The molecule has 2 fully saturated rings. The van der Waals surface area contributed by atoms with Crippen molar-refractivity contribution >= 4 is 23.3 Å². The van der Waals surface area contributed by atoms with E-state index >= 15 is 0 Å². The Bertz CT molecular complexity index is 515. The molecule has 0 radical (unpaired) electrons. The van der Waals surface area contributed by atoms with Crippen LogP contribution in [0.25, 0.3) is 0 Å². The van der Waals surface area contributed by atoms with E-state index in [9.17, 15) is 19.2 Å². The first kappa shape index (κ1) is 17.8. The van der Waals surface area contributed by atoms with E-state index in [0.29, 0.717) is 13.0 Å². The summed E-state index contributed by atoms with van der Waals surface area (Å²) >= 11 is 0. The number of ketones is 3. The third kappa shape index (κ3) is 3.68. The van der Waals surface area contributed by atoms with E-state index in [1.54, 1.807) is 13.8 Å². The standard InChI is InChI=1S/C17H24O6/c1-17(2)9-12(19)13(15(20)14(17)16(21)22-3)11(18)7-6-10-5-4-8-23-10/h10,13-14H,4-9H2,1-3H3. The van der Waals surface area contributed by atoms with Gasteiger partial charge in [-0.1, -0.05) is 13.8 Å². The Morgan fingerprint density at radius 2 is 2.00 bits per heavy atom. The predicted molar refractivity (Wildman–Crippen MR) is 80.6 cm³/mol. The largest absolute Gasteiger partial charge is 0.468 e. The smallest absolute Gasteiger partial charge is 0.316 e. The third-order valence-electron chi connectivity index (χ3n) is 4.80. The molecule has 2 aliphatic rings. The summed E-state index contributed by atoms with van der Waals surface area (Å²) in [4.78, 5) is 49.2. The molecule has 1 saturated carbocycles. The second-order valence-corrected chi connectivity index (χ2v) is 7.06. The molecule has 6 heteroatoms. The molecule has 6 nitrogen and oxygen atoms in total. The van der Waals surface area contributed by atoms with Crippen LogP contribution in [0.15, 0.2) is 0 Å². The first-order chi connectivity index (χ1) is 10.8. The van der Waals surface area contributed by atoms with E-state index in [-0.39, 0.29) is 18.9 Å². The van der Waals surface area contributed by atoms with Gasteiger partial charge >= 0.3 is 5.97 Å². The fraction of sp³-hybridized carbons (Fsp3) is 0.765. The summed E-state index contributed by atoms with van der Waals surface area (Å²) in [5.74, 6) is -4.48. The number of hydrogen-bond donors (Lipinski definition) is 0. The summed E-state index contributed by atoms with van der Waals surface area (Å²) < 4.78 is 10.2. The Morgan fingerprint density at radius 3 is 2.57 bits per heavy atom. The van der Waals surface area contributed by atoms with Crippen LogP contribution >= 0.6 is 0 Å². The first-order valence-electron chi connectivity index (χ1n) is 8.06. The van der Waals surface area contributed by atoms with Crippen LogP contribution in [0, 0.1) is 17.3 Å². The third-order valence-corrected chi connectivity index (χ3v) is 4.80. The van der Waals surface area contributed by atoms with Crippen molar-refractivity contribution in [3.8, 4) is 0 Å². The number of methoxy groups -OCH3 is 1. The number of carbonyl (C=O) groups excluding carboxylic acids is 4. The molecule has 23 heavy (non-hydrogen) atoms. The lowest BCUT2D eigenvalue weighted by molar-refractivity contribution is -0.161. The maximum absolute atomic E-state index is 12.6. The summed E-state index contributed by atoms with van der Waals surface area (Å²) in [5, 5.41) is 0. The number of ether oxygens (including phenoxy) is 2. The van der Waals surface area contributed by atoms with Gasteiger partial charge in [0.1, 0.15) is 11.8 Å². The van der Waals surface area contributed by atoms with Crippen LogP contribution in [0.4, 0.5) is 0 Å². The molecule has 0 aromatic rings. The molecule has 1 saturated heterocycles. The monoisotopic (exact) mass is 324 g/mol. The van der Waals surface area contributed by atoms with Crippen LogP contribution in [0.1, 0.15) is 46.0 Å². The second-order valence-electron chi connectivity index (χ2n) is 7.06. The van der Waals surface area contributed by atoms with Crippen molar-refractivity contribution in [2.24, 2.45) is 17.3 Å². The molecule has 1 aliphatic carbocycles. The van der Waals surface area contributed by atoms with Crippen molar-refractivity contribution < 1.29 is 28.7 Å². The Morgan fingerprint density at radius 1 is 1.30 bits per heavy atom. The fourth-order valence-electron chi connectivity index (χ4n) is 3.57. The Balaban J connectivity index is 2.10. The minimum absolute atomic E-state index is 0.0227. The van der Waals surface area contributed by atoms with Crippen molar-refractivity contribution in [2.45, 2.75) is 52.1 Å². The van der Waals surface area contributed by atoms with Crippen LogP contribution in [0.3, 0.4) is 0 Å². The van der Waals surface area contributed by atoms with Gasteiger partial charge in [-0.2, -0.15) is 0 Å². The lowest BCUT2D eigenvalue weighted by atomic mass is 9.63. The Kier molecular flexibility index (Phi) is 5.34. The highest BCUT2D eigenvalue weighted by molar-refractivity contribution is 6.25. The van der Waals surface area contributed by atoms with Crippen LogP contribution in [0.2, 0.25) is 0 Å². The molecule has 0 bridgehead atoms. The van der Waals surface area contributed by atoms with Gasteiger partial charge in [-0.25, -0.2) is 0 Å². The maximum atomic E-state index is 12.6. The van der Waals surface area contributed by atoms with Crippen LogP contribution in [-0.2, 0) is 28.7 Å². The minimum Gasteiger partial charge on any atom is -0.468 e. The zero-order valence-electron chi connectivity index (χ0n) is 13.9. The summed E-state index contributed by atoms with van der Waals surface area (Å²) in [6, 6.07) is 0. The molecule has 1 aliphatic heterocycles. The van der Waals surface area contributed by atoms with Crippen LogP contribution in [0.5, 0.6) is 0 Å². The van der Waals surface area contributed by atoms with Gasteiger partial charge in [-0.15, -0.1) is 0 Å². The summed E-state index contributed by atoms with van der Waals surface area (Å²) in [5.41, 5.74) is -0.827. The van der Waals surface area contributed by atoms with E-state index in [0.717, 1.165) is 12.8 Å². The van der Waals surface area contributed by atoms with Crippen LogP contribution in [-0.4, -0.2) is 43.1 Å². The zero-order valence-corrected chi connectivity index (χ0v) is 13.9. The summed E-state index contributed by atoms with van der Waals surface area (Å²) in [7, 11) is 1.20. The number of rotatable bonds is 5. The second kappa shape index (κ2) is 6.91. The van der Waals surface area contributed by atoms with E-state index in [1.165, 1.54) is 7.11 Å². The van der Waals surface area contributed by atoms with Crippen molar-refractivity contribution in [3.63, 3.8) is 0 Å². The van der Waals surface area contributed by atoms with Gasteiger partial charge in [0.05, 0.1) is 13.2 Å². The lowest BCUT2D eigenvalue weighted by Crippen LogP contribution is -2.52. The highest BCUT2D eigenvalue weighted by atomic mass is 16.5. The van der Waals surface area contributed by atoms with Crippen molar-refractivity contribution in [3.05, 3.63) is 0 Å². The Labute approximate surface area is 135 Å². The van der Waals surface area contributed by atoms with Gasteiger partial charge in [0.15, 0.2) is 17.3 Å². The maximum Gasteiger partial charge on any atom is 0.316 e. The number of carbonyl (C=O) groups is 4. The number of Topliss-reactive ketones (excluding diaryl/α,β-unsaturated/α-hetero) is 3. The van der Waals surface area contributed by atoms with E-state index in [4.69, 9.17) is 9.47 Å². The zero-order chi connectivity index (χ0) is 17.2. The average Bonchev–Trinajstić information content (AvgIpc) is 2.96. The lowest BCUT2D eigenvalue weighted by Gasteiger charge is -2.37. The van der Waals surface area contributed by atoms with Gasteiger partial charge in [0.25, 0.3) is 0 Å². The highest BCUT2D eigenvalue weighted by Crippen LogP contribution is 2.40. The van der Waals surface area contributed by atoms with E-state index in [2.05, 4.69) is 0 Å². The SMILES string of the molecule is COC(=O)C1C(=O)C(C(=O)CCC2CCCO2)C(=O)CC1(C)C. The Hall–Kier alpha value is -1.56. The van der Waals surface area contributed by atoms with Gasteiger partial charge in [-0.3, -0.25) is 19.2 Å². The molecule has 3 atom stereocenters. The molecular weight excluding hydrogens is 300 g/mol. The van der Waals surface area contributed by atoms with Crippen molar-refractivity contribution in [1.82, 2.24) is 0 Å². The van der Waals surface area contributed by atoms with Gasteiger partial charge < -0.3 is 9.47 Å². The molecule has 0 spiro atoms. The van der Waals surface area contributed by atoms with E-state index in [1.807, 2.05) is 0 Å². The topological polar surface area (TPSA) is 86.7 Å². The molecular formula is C17H24O6. The highest BCUT2D eigenvalue weighted by Gasteiger charge is 2.53. The molecule has 128 valence electrons. The first-order valence-corrected chi connectivity index (χ1v) is 8.06. The number of esters is 1. The average molecular weight is 324 g/mol. The van der Waals surface area contributed by atoms with Crippen molar-refractivity contribution in [1.29, 1.82) is 0 Å². The van der Waals surface area contributed by atoms with Crippen molar-refractivity contribution in [2.75, 3.05) is 13.7 Å². The quantitative estimate of drug-likeness (QED) is 0.562. The van der Waals surface area contributed by atoms with Crippen LogP contribution < -0.4 is 0 Å². The molecule has 1 heterocycles. The number of hydrogen-bond acceptors (Lipinski definition) is 6. The predicted octanol–water partition coefficient (Wildman–Crippen LogP) is 1.49. The summed E-state index contributed by atoms with van der Waals surface area (Å²) in [6.45, 7) is 4.05. The molecule has 0 aromatic carbocycles. The normalized spacial score (nSPS) is 30.3. The fourth-order valence-corrected chi connectivity index (χ4v) is 3.57.